The number of nitrogens with zero attached hydrogens (tertiary/aromatic N) is 1. The number of hydrogen-bond acceptors (Lipinski definition) is 5. The molecular formula is C21H32INO5. The lowest BCUT2D eigenvalue weighted by Crippen LogP contribution is -3.00. The molecule has 1 aromatic rings. The van der Waals surface area contributed by atoms with Crippen LogP contribution in [0.15, 0.2) is 24.5 Å². The lowest BCUT2D eigenvalue weighted by atomic mass is 9.65. The molecule has 3 aliphatic heterocycles. The predicted octanol–water partition coefficient (Wildman–Crippen LogP) is 0.0378. The topological polar surface area (TPSA) is 50.0 Å². The Kier molecular flexibility index (Phi) is 7.37. The average molecular weight is 505 g/mol. The number of hydrogen-bond donors (Lipinski definition) is 0. The minimum Gasteiger partial charge on any atom is -1.00 e. The zero-order chi connectivity index (χ0) is 18.9. The molecule has 1 aromatic heterocycles. The van der Waals surface area contributed by atoms with E-state index in [0.717, 1.165) is 32.1 Å². The summed E-state index contributed by atoms with van der Waals surface area (Å²) in [6, 6.07) is 4.18. The molecule has 4 aliphatic rings. The van der Waals surface area contributed by atoms with Gasteiger partial charge in [0, 0.05) is 32.3 Å². The van der Waals surface area contributed by atoms with Gasteiger partial charge in [-0.1, -0.05) is 6.42 Å². The van der Waals surface area contributed by atoms with Gasteiger partial charge < -0.3 is 38.2 Å². The molecule has 1 saturated carbocycles. The zero-order valence-corrected chi connectivity index (χ0v) is 19.2. The third kappa shape index (κ3) is 4.25. The number of pyridine rings is 1. The van der Waals surface area contributed by atoms with E-state index < -0.39 is 11.4 Å². The highest BCUT2D eigenvalue weighted by Crippen LogP contribution is 2.55. The Labute approximate surface area is 184 Å². The Balaban J connectivity index is 0.00000225. The van der Waals surface area contributed by atoms with Gasteiger partial charge in [-0.3, -0.25) is 0 Å². The molecule has 6 nitrogen and oxygen atoms in total. The Morgan fingerprint density at radius 1 is 1.18 bits per heavy atom. The first-order chi connectivity index (χ1) is 13.1. The van der Waals surface area contributed by atoms with E-state index >= 15 is 0 Å². The first kappa shape index (κ1) is 22.4. The first-order valence-electron chi connectivity index (χ1n) is 10.1. The molecule has 0 N–H and O–H groups in total. The molecule has 1 spiro atoms. The van der Waals surface area contributed by atoms with Crippen LogP contribution in [0.4, 0.5) is 0 Å². The number of methoxy groups -OCH3 is 1. The fourth-order valence-electron chi connectivity index (χ4n) is 5.01. The molecule has 28 heavy (non-hydrogen) atoms. The molecule has 3 saturated heterocycles. The van der Waals surface area contributed by atoms with E-state index in [9.17, 15) is 0 Å². The fraction of sp³-hybridized carbons (Fsp3) is 0.762. The summed E-state index contributed by atoms with van der Waals surface area (Å²) < 4.78 is 20.0. The molecule has 7 heteroatoms. The van der Waals surface area contributed by atoms with Gasteiger partial charge in [0.25, 0.3) is 0 Å². The largest absolute Gasteiger partial charge is 1.00 e. The van der Waals surface area contributed by atoms with Gasteiger partial charge in [-0.2, -0.15) is 0 Å². The van der Waals surface area contributed by atoms with Gasteiger partial charge in [0.05, 0.1) is 6.61 Å². The molecule has 4 fully saturated rings. The van der Waals surface area contributed by atoms with Crippen molar-refractivity contribution in [1.82, 2.24) is 0 Å². The summed E-state index contributed by atoms with van der Waals surface area (Å²) in [5, 5.41) is 0. The third-order valence-electron chi connectivity index (χ3n) is 6.56. The van der Waals surface area contributed by atoms with Crippen LogP contribution in [-0.2, 0) is 37.6 Å². The standard InChI is InChI=1S/C21H32NO5.HI/c1-20-11-7-17-5-4-6-18(21(17,27-26-20)19(23-3)25-20)10-14-24-15-16-8-12-22(2)13-9-16;/h8-9,12-13,17-19H,4-7,10-11,14-15H2,1-3H3;1H/q+1;/p-1/t17-,18+,19+,20-,21-;/m1./s1. The van der Waals surface area contributed by atoms with E-state index in [1.165, 1.54) is 12.0 Å². The summed E-state index contributed by atoms with van der Waals surface area (Å²) in [5.74, 6) is 0.00500. The Bertz CT molecular complexity index is 644. The van der Waals surface area contributed by atoms with Crippen LogP contribution >= 0.6 is 0 Å². The predicted molar refractivity (Wildman–Crippen MR) is 97.1 cm³/mol. The van der Waals surface area contributed by atoms with Gasteiger partial charge in [0.1, 0.15) is 7.05 Å². The summed E-state index contributed by atoms with van der Waals surface area (Å²) in [4.78, 5) is 11.9. The van der Waals surface area contributed by atoms with Crippen LogP contribution in [0.25, 0.3) is 0 Å². The first-order valence-corrected chi connectivity index (χ1v) is 10.1. The van der Waals surface area contributed by atoms with Gasteiger partial charge in [-0.05, 0) is 50.0 Å². The minimum atomic E-state index is -0.701. The fourth-order valence-corrected chi connectivity index (χ4v) is 5.01. The van der Waals surface area contributed by atoms with E-state index in [0.29, 0.717) is 25.0 Å². The average Bonchev–Trinajstić information content (AvgIpc) is 2.91. The maximum absolute atomic E-state index is 6.21. The Morgan fingerprint density at radius 2 is 1.96 bits per heavy atom. The van der Waals surface area contributed by atoms with E-state index in [4.69, 9.17) is 24.0 Å². The van der Waals surface area contributed by atoms with Crippen molar-refractivity contribution < 1.29 is 52.5 Å². The smallest absolute Gasteiger partial charge is 0.201 e. The summed E-state index contributed by atoms with van der Waals surface area (Å²) >= 11 is 0. The normalized spacial score (nSPS) is 37.0. The summed E-state index contributed by atoms with van der Waals surface area (Å²) in [6.45, 7) is 3.27. The number of rotatable bonds is 6. The van der Waals surface area contributed by atoms with Crippen molar-refractivity contribution in [3.8, 4) is 0 Å². The second-order valence-electron chi connectivity index (χ2n) is 8.42. The van der Waals surface area contributed by atoms with Crippen LogP contribution in [0.3, 0.4) is 0 Å². The van der Waals surface area contributed by atoms with Gasteiger partial charge in [0.15, 0.2) is 24.3 Å². The van der Waals surface area contributed by atoms with E-state index in [1.807, 2.05) is 30.9 Å². The molecule has 0 unspecified atom stereocenters. The van der Waals surface area contributed by atoms with Crippen molar-refractivity contribution in [2.45, 2.75) is 69.7 Å². The number of fused-ring (bicyclic) bond motifs is 3. The Morgan fingerprint density at radius 3 is 2.71 bits per heavy atom. The van der Waals surface area contributed by atoms with E-state index in [2.05, 4.69) is 12.1 Å². The van der Waals surface area contributed by atoms with E-state index in [1.54, 1.807) is 7.11 Å². The quantitative estimate of drug-likeness (QED) is 0.237. The van der Waals surface area contributed by atoms with Crippen molar-refractivity contribution >= 4 is 0 Å². The highest BCUT2D eigenvalue weighted by molar-refractivity contribution is 5.06. The van der Waals surface area contributed by atoms with Crippen LogP contribution in [0.1, 0.15) is 51.0 Å². The van der Waals surface area contributed by atoms with Gasteiger partial charge in [-0.15, -0.1) is 0 Å². The molecule has 2 bridgehead atoms. The summed E-state index contributed by atoms with van der Waals surface area (Å²) in [7, 11) is 3.73. The molecular weight excluding hydrogens is 473 g/mol. The maximum Gasteiger partial charge on any atom is 0.201 e. The zero-order valence-electron chi connectivity index (χ0n) is 17.1. The summed E-state index contributed by atoms with van der Waals surface area (Å²) in [6.07, 6.45) is 9.94. The van der Waals surface area contributed by atoms with Crippen molar-refractivity contribution in [3.05, 3.63) is 30.1 Å². The number of halogens is 1. The molecule has 5 rings (SSSR count). The van der Waals surface area contributed by atoms with Crippen molar-refractivity contribution in [2.24, 2.45) is 18.9 Å². The SMILES string of the molecule is CO[C@H]1O[C@@]2(C)CC[C@H]3CCC[C@@H](CCOCc4cc[n+](C)cc4)[C@]31OO2.[I-]. The molecule has 0 amide bonds. The maximum atomic E-state index is 6.21. The van der Waals surface area contributed by atoms with Gasteiger partial charge in [0.2, 0.25) is 5.79 Å². The lowest BCUT2D eigenvalue weighted by Gasteiger charge is -2.53. The molecule has 4 heterocycles. The number of ether oxygens (including phenoxy) is 3. The van der Waals surface area contributed by atoms with Crippen LogP contribution < -0.4 is 28.5 Å². The second-order valence-corrected chi connectivity index (χ2v) is 8.42. The van der Waals surface area contributed by atoms with Crippen molar-refractivity contribution in [3.63, 3.8) is 0 Å². The number of aryl methyl sites for hydroxylation is 1. The van der Waals surface area contributed by atoms with Crippen LogP contribution in [-0.4, -0.2) is 31.4 Å². The molecule has 0 aromatic carbocycles. The van der Waals surface area contributed by atoms with Crippen LogP contribution in [0.5, 0.6) is 0 Å². The van der Waals surface area contributed by atoms with Gasteiger partial charge in [-0.25, -0.2) is 14.3 Å². The highest BCUT2D eigenvalue weighted by atomic mass is 127. The number of aromatic nitrogens is 1. The molecule has 0 radical (unpaired) electrons. The molecule has 158 valence electrons. The van der Waals surface area contributed by atoms with E-state index in [-0.39, 0.29) is 30.3 Å². The lowest BCUT2D eigenvalue weighted by molar-refractivity contribution is -0.671. The van der Waals surface area contributed by atoms with Gasteiger partial charge >= 0.3 is 0 Å². The molecule has 1 aliphatic carbocycles. The minimum absolute atomic E-state index is 0. The van der Waals surface area contributed by atoms with Crippen LogP contribution in [0.2, 0.25) is 0 Å². The van der Waals surface area contributed by atoms with Crippen molar-refractivity contribution in [2.75, 3.05) is 13.7 Å². The molecule has 5 atom stereocenters. The summed E-state index contributed by atoms with van der Waals surface area (Å²) in [5.41, 5.74) is 0.667. The highest BCUT2D eigenvalue weighted by Gasteiger charge is 2.63. The third-order valence-corrected chi connectivity index (χ3v) is 6.56. The monoisotopic (exact) mass is 505 g/mol. The van der Waals surface area contributed by atoms with Crippen molar-refractivity contribution in [1.29, 1.82) is 0 Å². The second kappa shape index (κ2) is 9.22. The Hall–Kier alpha value is -0.320. The van der Waals surface area contributed by atoms with Crippen LogP contribution in [0, 0.1) is 11.8 Å².